The number of benzene rings is 1. The molecule has 1 saturated heterocycles. The first-order valence-electron chi connectivity index (χ1n) is 8.27. The van der Waals surface area contributed by atoms with E-state index in [9.17, 15) is 13.9 Å². The van der Waals surface area contributed by atoms with Gasteiger partial charge in [0.2, 0.25) is 0 Å². The molecule has 0 bridgehead atoms. The van der Waals surface area contributed by atoms with Crippen LogP contribution in [0, 0.1) is 0 Å². The summed E-state index contributed by atoms with van der Waals surface area (Å²) in [7, 11) is 0. The monoisotopic (exact) mass is 349 g/mol. The van der Waals surface area contributed by atoms with Crippen LogP contribution in [0.4, 0.5) is 20.3 Å². The number of hydrogen-bond acceptors (Lipinski definition) is 5. The molecule has 1 aromatic heterocycles. The Hall–Kier alpha value is -2.41. The van der Waals surface area contributed by atoms with Crippen LogP contribution in [-0.4, -0.2) is 35.9 Å². The van der Waals surface area contributed by atoms with Gasteiger partial charge in [-0.3, -0.25) is 0 Å². The average molecular weight is 349 g/mol. The molecule has 2 heterocycles. The predicted molar refractivity (Wildman–Crippen MR) is 92.1 cm³/mol. The van der Waals surface area contributed by atoms with E-state index >= 15 is 0 Å². The maximum atomic E-state index is 12.2. The van der Waals surface area contributed by atoms with Crippen LogP contribution < -0.4 is 15.0 Å². The molecule has 25 heavy (non-hydrogen) atoms. The van der Waals surface area contributed by atoms with Gasteiger partial charge >= 0.3 is 6.61 Å². The molecule has 2 aromatic rings. The molecule has 2 N–H and O–H groups in total. The third kappa shape index (κ3) is 4.79. The van der Waals surface area contributed by atoms with Gasteiger partial charge in [0, 0.05) is 25.8 Å². The van der Waals surface area contributed by atoms with E-state index in [4.69, 9.17) is 0 Å². The van der Waals surface area contributed by atoms with E-state index in [1.165, 1.54) is 12.1 Å². The van der Waals surface area contributed by atoms with E-state index in [0.717, 1.165) is 43.0 Å². The van der Waals surface area contributed by atoms with Crippen molar-refractivity contribution in [3.8, 4) is 5.75 Å². The number of aliphatic hydroxyl groups is 1. The highest BCUT2D eigenvalue weighted by Crippen LogP contribution is 2.26. The Labute approximate surface area is 145 Å². The van der Waals surface area contributed by atoms with Gasteiger partial charge in [0.1, 0.15) is 5.75 Å². The fraction of sp³-hybridized carbons (Fsp3) is 0.389. The van der Waals surface area contributed by atoms with E-state index in [1.807, 2.05) is 12.1 Å². The number of nitrogens with one attached hydrogen (secondary N) is 1. The van der Waals surface area contributed by atoms with Gasteiger partial charge in [-0.2, -0.15) is 8.78 Å². The zero-order valence-corrected chi connectivity index (χ0v) is 13.7. The van der Waals surface area contributed by atoms with Crippen molar-refractivity contribution in [1.82, 2.24) is 4.98 Å². The molecule has 1 fully saturated rings. The highest BCUT2D eigenvalue weighted by Gasteiger charge is 2.20. The van der Waals surface area contributed by atoms with Gasteiger partial charge in [0.05, 0.1) is 11.8 Å². The molecule has 1 aromatic carbocycles. The molecule has 5 nitrogen and oxygen atoms in total. The maximum Gasteiger partial charge on any atom is 0.387 e. The number of aromatic nitrogens is 1. The zero-order valence-electron chi connectivity index (χ0n) is 13.7. The van der Waals surface area contributed by atoms with Crippen LogP contribution in [0.15, 0.2) is 42.6 Å². The van der Waals surface area contributed by atoms with Crippen LogP contribution in [0.25, 0.3) is 0 Å². The van der Waals surface area contributed by atoms with Crippen molar-refractivity contribution >= 4 is 11.5 Å². The fourth-order valence-electron chi connectivity index (χ4n) is 2.85. The van der Waals surface area contributed by atoms with Crippen molar-refractivity contribution < 1.29 is 18.6 Å². The smallest absolute Gasteiger partial charge is 0.387 e. The van der Waals surface area contributed by atoms with Crippen molar-refractivity contribution in [2.75, 3.05) is 23.3 Å². The maximum absolute atomic E-state index is 12.2. The summed E-state index contributed by atoms with van der Waals surface area (Å²) in [5, 5.41) is 13.0. The lowest BCUT2D eigenvalue weighted by atomic mass is 10.1. The normalized spacial score (nSPS) is 15.4. The minimum absolute atomic E-state index is 0.146. The zero-order chi connectivity index (χ0) is 17.6. The minimum Gasteiger partial charge on any atom is -0.435 e. The number of pyridine rings is 1. The lowest BCUT2D eigenvalue weighted by Gasteiger charge is -2.31. The third-order valence-corrected chi connectivity index (χ3v) is 4.18. The standard InChI is InChI=1S/C18H21F2N3O2/c19-18(20)25-15-5-3-13(4-6-15)12-22-16-2-1-9-21-17(16)23-10-7-14(24)8-11-23/h1-6,9,14,18,22,24H,7-8,10-12H2. The van der Waals surface area contributed by atoms with Gasteiger partial charge in [0.25, 0.3) is 0 Å². The largest absolute Gasteiger partial charge is 0.435 e. The Bertz CT molecular complexity index is 674. The lowest BCUT2D eigenvalue weighted by Crippen LogP contribution is -2.36. The van der Waals surface area contributed by atoms with Crippen LogP contribution in [-0.2, 0) is 6.54 Å². The SMILES string of the molecule is OC1CCN(c2ncccc2NCc2ccc(OC(F)F)cc2)CC1. The summed E-state index contributed by atoms with van der Waals surface area (Å²) in [6, 6.07) is 10.4. The average Bonchev–Trinajstić information content (AvgIpc) is 2.62. The van der Waals surface area contributed by atoms with E-state index in [-0.39, 0.29) is 11.9 Å². The fourth-order valence-corrected chi connectivity index (χ4v) is 2.85. The summed E-state index contributed by atoms with van der Waals surface area (Å²) < 4.78 is 28.7. The number of anilines is 2. The molecule has 3 rings (SSSR count). The number of halogens is 2. The highest BCUT2D eigenvalue weighted by atomic mass is 19.3. The van der Waals surface area contributed by atoms with Crippen molar-refractivity contribution in [3.63, 3.8) is 0 Å². The summed E-state index contributed by atoms with van der Waals surface area (Å²) in [4.78, 5) is 6.63. The van der Waals surface area contributed by atoms with Crippen LogP contribution in [0.1, 0.15) is 18.4 Å². The summed E-state index contributed by atoms with van der Waals surface area (Å²) in [5.74, 6) is 1.01. The molecule has 0 unspecified atom stereocenters. The van der Waals surface area contributed by atoms with Crippen molar-refractivity contribution in [3.05, 3.63) is 48.2 Å². The minimum atomic E-state index is -2.81. The number of aliphatic hydroxyl groups excluding tert-OH is 1. The lowest BCUT2D eigenvalue weighted by molar-refractivity contribution is -0.0498. The molecular formula is C18H21F2N3O2. The second-order valence-electron chi connectivity index (χ2n) is 5.97. The van der Waals surface area contributed by atoms with Gasteiger partial charge in [0.15, 0.2) is 5.82 Å². The van der Waals surface area contributed by atoms with E-state index in [2.05, 4.69) is 19.9 Å². The Morgan fingerprint density at radius 3 is 2.60 bits per heavy atom. The first-order chi connectivity index (χ1) is 12.1. The quantitative estimate of drug-likeness (QED) is 0.838. The van der Waals surface area contributed by atoms with Crippen LogP contribution in [0.3, 0.4) is 0 Å². The molecule has 7 heteroatoms. The molecule has 0 radical (unpaired) electrons. The molecule has 134 valence electrons. The number of nitrogens with zero attached hydrogens (tertiary/aromatic N) is 2. The van der Waals surface area contributed by atoms with Gasteiger partial charge in [-0.25, -0.2) is 4.98 Å². The summed E-state index contributed by atoms with van der Waals surface area (Å²) >= 11 is 0. The van der Waals surface area contributed by atoms with Crippen LogP contribution in [0.5, 0.6) is 5.75 Å². The molecular weight excluding hydrogens is 328 g/mol. The Morgan fingerprint density at radius 1 is 1.20 bits per heavy atom. The molecule has 0 saturated carbocycles. The number of piperidine rings is 1. The molecule has 0 spiro atoms. The topological polar surface area (TPSA) is 57.6 Å². The number of hydrogen-bond donors (Lipinski definition) is 2. The number of ether oxygens (including phenoxy) is 1. The second-order valence-corrected chi connectivity index (χ2v) is 5.97. The summed E-state index contributed by atoms with van der Waals surface area (Å²) in [6.07, 6.45) is 3.00. The van der Waals surface area contributed by atoms with E-state index < -0.39 is 6.61 Å². The number of alkyl halides is 2. The summed E-state index contributed by atoms with van der Waals surface area (Å²) in [6.45, 7) is -0.728. The van der Waals surface area contributed by atoms with Gasteiger partial charge < -0.3 is 20.1 Å². The van der Waals surface area contributed by atoms with Crippen LogP contribution >= 0.6 is 0 Å². The predicted octanol–water partition coefficient (Wildman–Crippen LogP) is 3.26. The first kappa shape index (κ1) is 17.4. The van der Waals surface area contributed by atoms with E-state index in [0.29, 0.717) is 6.54 Å². The molecule has 0 atom stereocenters. The van der Waals surface area contributed by atoms with Gasteiger partial charge in [-0.05, 0) is 42.7 Å². The second kappa shape index (κ2) is 8.11. The van der Waals surface area contributed by atoms with Crippen molar-refractivity contribution in [1.29, 1.82) is 0 Å². The Morgan fingerprint density at radius 2 is 1.92 bits per heavy atom. The van der Waals surface area contributed by atoms with Crippen molar-refractivity contribution in [2.45, 2.75) is 32.1 Å². The molecule has 0 amide bonds. The Balaban J connectivity index is 1.63. The van der Waals surface area contributed by atoms with Crippen molar-refractivity contribution in [2.24, 2.45) is 0 Å². The summed E-state index contributed by atoms with van der Waals surface area (Å²) in [5.41, 5.74) is 1.86. The number of rotatable bonds is 6. The molecule has 1 aliphatic heterocycles. The van der Waals surface area contributed by atoms with Gasteiger partial charge in [-0.1, -0.05) is 12.1 Å². The molecule has 0 aliphatic carbocycles. The highest BCUT2D eigenvalue weighted by molar-refractivity contribution is 5.65. The third-order valence-electron chi connectivity index (χ3n) is 4.18. The van der Waals surface area contributed by atoms with E-state index in [1.54, 1.807) is 18.3 Å². The first-order valence-corrected chi connectivity index (χ1v) is 8.27. The van der Waals surface area contributed by atoms with Gasteiger partial charge in [-0.15, -0.1) is 0 Å². The Kier molecular flexibility index (Phi) is 5.65. The van der Waals surface area contributed by atoms with Crippen LogP contribution in [0.2, 0.25) is 0 Å². The molecule has 1 aliphatic rings.